The zero-order chi connectivity index (χ0) is 23.5. The number of nitrogen functional groups attached to an aromatic ring is 1. The zero-order valence-electron chi connectivity index (χ0n) is 17.9. The molecular weight excluding hydrogens is 426 g/mol. The van der Waals surface area contributed by atoms with Gasteiger partial charge in [0, 0.05) is 23.0 Å². The van der Waals surface area contributed by atoms with Gasteiger partial charge < -0.3 is 20.3 Å². The largest absolute Gasteiger partial charge is 0.508 e. The highest BCUT2D eigenvalue weighted by Crippen LogP contribution is 2.36. The number of methoxy groups -OCH3 is 2. The van der Waals surface area contributed by atoms with Crippen LogP contribution in [0.25, 0.3) is 16.8 Å². The highest BCUT2D eigenvalue weighted by atomic mass is 16.5. The van der Waals surface area contributed by atoms with Crippen molar-refractivity contribution < 1.29 is 24.2 Å². The van der Waals surface area contributed by atoms with Gasteiger partial charge >= 0.3 is 12.1 Å². The summed E-state index contributed by atoms with van der Waals surface area (Å²) in [5.41, 5.74) is 9.36. The zero-order valence-corrected chi connectivity index (χ0v) is 17.9. The first-order valence-electron chi connectivity index (χ1n) is 9.88. The van der Waals surface area contributed by atoms with E-state index in [2.05, 4.69) is 20.1 Å². The SMILES string of the molecule is COC(=O)Nc1nc(-c2ccccc2N)c2c(C(C(=O)OC)c3ccc(O)cc3)ccn2n1. The maximum absolute atomic E-state index is 12.9. The number of carbonyl (C=O) groups excluding carboxylic acids is 2. The Morgan fingerprint density at radius 1 is 1.06 bits per heavy atom. The van der Waals surface area contributed by atoms with Crippen LogP contribution >= 0.6 is 0 Å². The molecule has 2 aromatic carbocycles. The lowest BCUT2D eigenvalue weighted by Gasteiger charge is -2.17. The van der Waals surface area contributed by atoms with Crippen LogP contribution in [-0.2, 0) is 14.3 Å². The lowest BCUT2D eigenvalue weighted by molar-refractivity contribution is -0.141. The summed E-state index contributed by atoms with van der Waals surface area (Å²) in [5, 5.41) is 16.5. The number of carbonyl (C=O) groups is 2. The Balaban J connectivity index is 1.99. The van der Waals surface area contributed by atoms with Crippen molar-refractivity contribution in [1.29, 1.82) is 0 Å². The van der Waals surface area contributed by atoms with Crippen molar-refractivity contribution in [2.24, 2.45) is 0 Å². The summed E-state index contributed by atoms with van der Waals surface area (Å²) in [7, 11) is 2.54. The van der Waals surface area contributed by atoms with Gasteiger partial charge in [0.1, 0.15) is 17.4 Å². The highest BCUT2D eigenvalue weighted by Gasteiger charge is 2.29. The molecule has 1 atom stereocenters. The first-order valence-corrected chi connectivity index (χ1v) is 9.88. The van der Waals surface area contributed by atoms with Crippen molar-refractivity contribution in [3.05, 3.63) is 71.9 Å². The fourth-order valence-electron chi connectivity index (χ4n) is 3.60. The molecule has 10 nitrogen and oxygen atoms in total. The lowest BCUT2D eigenvalue weighted by atomic mass is 9.91. The van der Waals surface area contributed by atoms with Gasteiger partial charge in [-0.15, -0.1) is 5.10 Å². The topological polar surface area (TPSA) is 141 Å². The Kier molecular flexibility index (Phi) is 5.81. The van der Waals surface area contributed by atoms with E-state index in [0.29, 0.717) is 33.6 Å². The molecule has 1 unspecified atom stereocenters. The van der Waals surface area contributed by atoms with Gasteiger partial charge in [0.25, 0.3) is 5.95 Å². The summed E-state index contributed by atoms with van der Waals surface area (Å²) in [6.07, 6.45) is 0.915. The third kappa shape index (κ3) is 4.13. The van der Waals surface area contributed by atoms with E-state index in [1.165, 1.54) is 30.9 Å². The minimum Gasteiger partial charge on any atom is -0.508 e. The lowest BCUT2D eigenvalue weighted by Crippen LogP contribution is -2.17. The van der Waals surface area contributed by atoms with E-state index in [1.54, 1.807) is 48.7 Å². The first kappa shape index (κ1) is 21.6. The van der Waals surface area contributed by atoms with Crippen LogP contribution in [0.4, 0.5) is 16.4 Å². The van der Waals surface area contributed by atoms with Crippen molar-refractivity contribution in [1.82, 2.24) is 14.6 Å². The predicted molar refractivity (Wildman–Crippen MR) is 121 cm³/mol. The van der Waals surface area contributed by atoms with Crippen LogP contribution in [0.5, 0.6) is 5.75 Å². The number of phenolic OH excluding ortho intramolecular Hbond substituents is 1. The number of nitrogens with one attached hydrogen (secondary N) is 1. The number of amides is 1. The van der Waals surface area contributed by atoms with E-state index < -0.39 is 18.0 Å². The molecule has 4 N–H and O–H groups in total. The molecule has 33 heavy (non-hydrogen) atoms. The summed E-state index contributed by atoms with van der Waals surface area (Å²) in [6.45, 7) is 0. The van der Waals surface area contributed by atoms with E-state index in [4.69, 9.17) is 10.5 Å². The maximum Gasteiger partial charge on any atom is 0.413 e. The summed E-state index contributed by atoms with van der Waals surface area (Å²) >= 11 is 0. The van der Waals surface area contributed by atoms with Gasteiger partial charge in [0.05, 0.1) is 19.7 Å². The van der Waals surface area contributed by atoms with Gasteiger partial charge in [0.15, 0.2) is 0 Å². The smallest absolute Gasteiger partial charge is 0.413 e. The first-order chi connectivity index (χ1) is 15.9. The number of aromatic hydroxyl groups is 1. The Morgan fingerprint density at radius 3 is 2.45 bits per heavy atom. The molecule has 1 amide bonds. The number of nitrogens with two attached hydrogens (primary N) is 1. The second kappa shape index (κ2) is 8.87. The van der Waals surface area contributed by atoms with Gasteiger partial charge in [-0.3, -0.25) is 10.1 Å². The summed E-state index contributed by atoms with van der Waals surface area (Å²) in [4.78, 5) is 29.1. The summed E-state index contributed by atoms with van der Waals surface area (Å²) < 4.78 is 11.2. The van der Waals surface area contributed by atoms with Crippen LogP contribution in [0.2, 0.25) is 0 Å². The summed E-state index contributed by atoms with van der Waals surface area (Å²) in [5.74, 6) is -1.26. The number of ether oxygens (including phenoxy) is 2. The Labute approximate surface area is 188 Å². The van der Waals surface area contributed by atoms with Gasteiger partial charge in [-0.1, -0.05) is 30.3 Å². The highest BCUT2D eigenvalue weighted by molar-refractivity contribution is 5.92. The molecule has 10 heteroatoms. The molecule has 2 heterocycles. The molecule has 0 aliphatic heterocycles. The van der Waals surface area contributed by atoms with Gasteiger partial charge in [-0.25, -0.2) is 14.3 Å². The van der Waals surface area contributed by atoms with Crippen molar-refractivity contribution in [3.63, 3.8) is 0 Å². The molecule has 0 aliphatic carbocycles. The number of hydrogen-bond acceptors (Lipinski definition) is 8. The number of fused-ring (bicyclic) bond motifs is 1. The van der Waals surface area contributed by atoms with Gasteiger partial charge in [-0.2, -0.15) is 0 Å². The standard InChI is InChI=1S/C23H21N5O5/c1-32-21(30)18(13-7-9-14(29)10-8-13)16-11-12-28-20(16)19(15-5-3-4-6-17(15)24)25-22(27-28)26-23(31)33-2/h3-12,18,29H,24H2,1-2H3,(H,26,27,31). The molecule has 0 aliphatic rings. The average molecular weight is 447 g/mol. The van der Waals surface area contributed by atoms with Crippen LogP contribution < -0.4 is 11.1 Å². The number of rotatable bonds is 5. The van der Waals surface area contributed by atoms with Crippen molar-refractivity contribution in [2.45, 2.75) is 5.92 Å². The Bertz CT molecular complexity index is 1330. The number of nitrogens with zero attached hydrogens (tertiary/aromatic N) is 3. The van der Waals surface area contributed by atoms with Crippen molar-refractivity contribution >= 4 is 29.2 Å². The van der Waals surface area contributed by atoms with Crippen molar-refractivity contribution in [3.8, 4) is 17.0 Å². The fraction of sp³-hybridized carbons (Fsp3) is 0.130. The Morgan fingerprint density at radius 2 is 1.79 bits per heavy atom. The third-order valence-electron chi connectivity index (χ3n) is 5.13. The molecule has 0 saturated heterocycles. The number of phenols is 1. The molecule has 0 fully saturated rings. The summed E-state index contributed by atoms with van der Waals surface area (Å²) in [6, 6.07) is 15.1. The van der Waals surface area contributed by atoms with E-state index in [9.17, 15) is 14.7 Å². The molecule has 0 spiro atoms. The molecule has 0 bridgehead atoms. The normalized spacial score (nSPS) is 11.7. The maximum atomic E-state index is 12.9. The fourth-order valence-corrected chi connectivity index (χ4v) is 3.60. The minimum absolute atomic E-state index is 0.00555. The predicted octanol–water partition coefficient (Wildman–Crippen LogP) is 3.17. The molecule has 168 valence electrons. The molecule has 0 radical (unpaired) electrons. The van der Waals surface area contributed by atoms with E-state index in [-0.39, 0.29) is 11.7 Å². The quantitative estimate of drug-likeness (QED) is 0.313. The van der Waals surface area contributed by atoms with E-state index in [1.807, 2.05) is 0 Å². The van der Waals surface area contributed by atoms with Gasteiger partial charge in [-0.05, 0) is 29.8 Å². The number of aromatic nitrogens is 3. The minimum atomic E-state index is -0.827. The van der Waals surface area contributed by atoms with E-state index >= 15 is 0 Å². The van der Waals surface area contributed by atoms with E-state index in [0.717, 1.165) is 0 Å². The van der Waals surface area contributed by atoms with Crippen LogP contribution in [0.3, 0.4) is 0 Å². The molecule has 4 aromatic rings. The van der Waals surface area contributed by atoms with Crippen LogP contribution in [0.15, 0.2) is 60.8 Å². The van der Waals surface area contributed by atoms with Crippen LogP contribution in [0.1, 0.15) is 17.0 Å². The average Bonchev–Trinajstić information content (AvgIpc) is 3.23. The van der Waals surface area contributed by atoms with Crippen molar-refractivity contribution in [2.75, 3.05) is 25.3 Å². The molecule has 4 rings (SSSR count). The second-order valence-corrected chi connectivity index (χ2v) is 7.10. The number of anilines is 2. The molecular formula is C23H21N5O5. The van der Waals surface area contributed by atoms with Crippen LogP contribution in [0, 0.1) is 0 Å². The third-order valence-corrected chi connectivity index (χ3v) is 5.13. The number of esters is 1. The van der Waals surface area contributed by atoms with Gasteiger partial charge in [0.2, 0.25) is 0 Å². The number of benzene rings is 2. The number of hydrogen-bond donors (Lipinski definition) is 3. The molecule has 0 saturated carbocycles. The Hall–Kier alpha value is -4.60. The second-order valence-electron chi connectivity index (χ2n) is 7.10. The molecule has 2 aromatic heterocycles. The van der Waals surface area contributed by atoms with Crippen LogP contribution in [-0.4, -0.2) is 46.0 Å². The monoisotopic (exact) mass is 447 g/mol. The number of para-hydroxylation sites is 1.